The van der Waals surface area contributed by atoms with Gasteiger partial charge >= 0.3 is 5.97 Å². The molecule has 19 heavy (non-hydrogen) atoms. The molecule has 100 valence electrons. The molecule has 1 aliphatic rings. The van der Waals surface area contributed by atoms with Crippen molar-refractivity contribution >= 4 is 17.8 Å². The number of imide groups is 1. The van der Waals surface area contributed by atoms with Gasteiger partial charge in [0.1, 0.15) is 23.5 Å². The second-order valence-electron chi connectivity index (χ2n) is 4.38. The minimum Gasteiger partial charge on any atom is -0.481 e. The van der Waals surface area contributed by atoms with Crippen LogP contribution in [0.5, 0.6) is 0 Å². The third kappa shape index (κ3) is 2.01. The van der Waals surface area contributed by atoms with E-state index in [0.717, 1.165) is 4.90 Å². The number of amides is 2. The largest absolute Gasteiger partial charge is 0.481 e. The number of carbonyl (C=O) groups excluding carboxylic acids is 2. The van der Waals surface area contributed by atoms with Crippen LogP contribution in [0.1, 0.15) is 40.5 Å². The van der Waals surface area contributed by atoms with Gasteiger partial charge in [0, 0.05) is 6.04 Å². The fourth-order valence-corrected chi connectivity index (χ4v) is 1.90. The van der Waals surface area contributed by atoms with Gasteiger partial charge in [-0.3, -0.25) is 24.1 Å². The molecule has 0 unspecified atom stereocenters. The van der Waals surface area contributed by atoms with Crippen molar-refractivity contribution in [3.63, 3.8) is 0 Å². The molecule has 2 amide bonds. The maximum atomic E-state index is 12.0. The lowest BCUT2D eigenvalue weighted by Gasteiger charge is -2.17. The van der Waals surface area contributed by atoms with E-state index in [1.807, 2.05) is 0 Å². The molecule has 2 N–H and O–H groups in total. The van der Waals surface area contributed by atoms with Gasteiger partial charge in [0.15, 0.2) is 0 Å². The lowest BCUT2D eigenvalue weighted by atomic mass is 10.2. The Morgan fingerprint density at radius 3 is 2.47 bits per heavy atom. The predicted octanol–water partition coefficient (Wildman–Crippen LogP) is -0.599. The normalized spacial score (nSPS) is 14.2. The number of aromatic amines is 1. The zero-order valence-corrected chi connectivity index (χ0v) is 10.3. The number of hydrogen-bond donors (Lipinski definition) is 2. The average Bonchev–Trinajstić information content (AvgIpc) is 2.50. The number of aromatic nitrogens is 2. The Morgan fingerprint density at radius 1 is 1.32 bits per heavy atom. The number of carboxylic acids is 1. The van der Waals surface area contributed by atoms with Crippen LogP contribution in [0.2, 0.25) is 0 Å². The van der Waals surface area contributed by atoms with Crippen molar-refractivity contribution in [1.29, 1.82) is 0 Å². The van der Waals surface area contributed by atoms with Crippen molar-refractivity contribution in [3.05, 3.63) is 27.4 Å². The quantitative estimate of drug-likeness (QED) is 0.704. The smallest absolute Gasteiger partial charge is 0.311 e. The van der Waals surface area contributed by atoms with E-state index < -0.39 is 35.8 Å². The van der Waals surface area contributed by atoms with Crippen molar-refractivity contribution < 1.29 is 19.5 Å². The lowest BCUT2D eigenvalue weighted by Crippen LogP contribution is -2.36. The molecule has 1 aromatic heterocycles. The van der Waals surface area contributed by atoms with Gasteiger partial charge < -0.3 is 10.1 Å². The minimum absolute atomic E-state index is 0.150. The summed E-state index contributed by atoms with van der Waals surface area (Å²) in [6, 6.07) is -0.406. The fourth-order valence-electron chi connectivity index (χ4n) is 1.90. The van der Waals surface area contributed by atoms with E-state index in [1.165, 1.54) is 0 Å². The maximum Gasteiger partial charge on any atom is 0.311 e. The molecule has 0 spiro atoms. The first-order valence-electron chi connectivity index (χ1n) is 5.55. The molecule has 0 fully saturated rings. The summed E-state index contributed by atoms with van der Waals surface area (Å²) in [6.07, 6.45) is -0.522. The van der Waals surface area contributed by atoms with Crippen LogP contribution in [0.15, 0.2) is 4.79 Å². The maximum absolute atomic E-state index is 12.0. The van der Waals surface area contributed by atoms with Crippen molar-refractivity contribution in [2.24, 2.45) is 0 Å². The van der Waals surface area contributed by atoms with E-state index in [0.29, 0.717) is 0 Å². The Bertz CT molecular complexity index is 646. The Morgan fingerprint density at radius 2 is 1.95 bits per heavy atom. The van der Waals surface area contributed by atoms with Crippen LogP contribution in [0.25, 0.3) is 0 Å². The highest BCUT2D eigenvalue weighted by Gasteiger charge is 2.41. The average molecular weight is 265 g/mol. The fraction of sp³-hybridized carbons (Fsp3) is 0.364. The van der Waals surface area contributed by atoms with Gasteiger partial charge in [-0.15, -0.1) is 0 Å². The van der Waals surface area contributed by atoms with Crippen molar-refractivity contribution in [2.45, 2.75) is 26.3 Å². The monoisotopic (exact) mass is 265 g/mol. The summed E-state index contributed by atoms with van der Waals surface area (Å²) in [5.41, 5.74) is -1.39. The molecule has 0 aromatic carbocycles. The highest BCUT2D eigenvalue weighted by Crippen LogP contribution is 2.20. The van der Waals surface area contributed by atoms with Crippen molar-refractivity contribution in [3.8, 4) is 0 Å². The summed E-state index contributed by atoms with van der Waals surface area (Å²) in [6.45, 7) is 3.27. The zero-order chi connectivity index (χ0) is 14.3. The molecular formula is C11H11N3O5. The Labute approximate surface area is 107 Å². The molecule has 0 saturated carbocycles. The molecule has 2 heterocycles. The number of hydrogen-bond acceptors (Lipinski definition) is 5. The molecule has 1 aromatic rings. The summed E-state index contributed by atoms with van der Waals surface area (Å²) in [5, 5.41) is 8.64. The molecule has 1 aliphatic heterocycles. The Balaban J connectivity index is 2.57. The SMILES string of the molecule is CC(C)N1C(=O)c2nc(CC(=O)O)[nH]c(=O)c2C1=O. The van der Waals surface area contributed by atoms with Crippen LogP contribution in [0.4, 0.5) is 0 Å². The number of fused-ring (bicyclic) bond motifs is 1. The van der Waals surface area contributed by atoms with Crippen molar-refractivity contribution in [2.75, 3.05) is 0 Å². The van der Waals surface area contributed by atoms with E-state index in [4.69, 9.17) is 5.11 Å². The molecule has 8 nitrogen and oxygen atoms in total. The number of carbonyl (C=O) groups is 3. The second-order valence-corrected chi connectivity index (χ2v) is 4.38. The van der Waals surface area contributed by atoms with Crippen molar-refractivity contribution in [1.82, 2.24) is 14.9 Å². The third-order valence-electron chi connectivity index (χ3n) is 2.66. The molecule has 0 radical (unpaired) electrons. The van der Waals surface area contributed by atoms with E-state index in [1.54, 1.807) is 13.8 Å². The van der Waals surface area contributed by atoms with E-state index in [-0.39, 0.29) is 17.1 Å². The summed E-state index contributed by atoms with van der Waals surface area (Å²) in [5.74, 6) is -2.72. The molecule has 2 rings (SSSR count). The number of carboxylic acid groups (broad SMARTS) is 1. The van der Waals surface area contributed by atoms with E-state index in [2.05, 4.69) is 9.97 Å². The van der Waals surface area contributed by atoms with Crippen LogP contribution in [0, 0.1) is 0 Å². The number of rotatable bonds is 3. The predicted molar refractivity (Wildman–Crippen MR) is 61.8 cm³/mol. The zero-order valence-electron chi connectivity index (χ0n) is 10.3. The second kappa shape index (κ2) is 4.30. The van der Waals surface area contributed by atoms with Crippen LogP contribution < -0.4 is 5.56 Å². The first-order chi connectivity index (χ1) is 8.82. The summed E-state index contributed by atoms with van der Waals surface area (Å²) >= 11 is 0. The summed E-state index contributed by atoms with van der Waals surface area (Å²) < 4.78 is 0. The van der Waals surface area contributed by atoms with Crippen LogP contribution in [-0.2, 0) is 11.2 Å². The van der Waals surface area contributed by atoms with Gasteiger partial charge in [0.25, 0.3) is 17.4 Å². The number of H-pyrrole nitrogens is 1. The standard InChI is InChI=1S/C11H11N3O5/c1-4(2)14-10(18)7-8(11(14)19)12-5(3-6(15)16)13-9(7)17/h4H,3H2,1-2H3,(H,15,16)(H,12,13,17). The molecule has 8 heteroatoms. The van der Waals surface area contributed by atoms with E-state index in [9.17, 15) is 19.2 Å². The Hall–Kier alpha value is -2.51. The topological polar surface area (TPSA) is 120 Å². The van der Waals surface area contributed by atoms with Gasteiger partial charge in [0.2, 0.25) is 0 Å². The summed E-state index contributed by atoms with van der Waals surface area (Å²) in [4.78, 5) is 53.1. The third-order valence-corrected chi connectivity index (χ3v) is 2.66. The van der Waals surface area contributed by atoms with Gasteiger partial charge in [0.05, 0.1) is 0 Å². The molecule has 0 atom stereocenters. The van der Waals surface area contributed by atoms with Gasteiger partial charge in [-0.25, -0.2) is 4.98 Å². The Kier molecular flexibility index (Phi) is 2.93. The van der Waals surface area contributed by atoms with Crippen LogP contribution in [-0.4, -0.2) is 43.8 Å². The highest BCUT2D eigenvalue weighted by molar-refractivity contribution is 6.20. The number of nitrogens with one attached hydrogen (secondary N) is 1. The first-order valence-corrected chi connectivity index (χ1v) is 5.55. The first kappa shape index (κ1) is 12.9. The number of nitrogens with zero attached hydrogens (tertiary/aromatic N) is 2. The molecule has 0 aliphatic carbocycles. The molecular weight excluding hydrogens is 254 g/mol. The van der Waals surface area contributed by atoms with Gasteiger partial charge in [-0.05, 0) is 13.8 Å². The summed E-state index contributed by atoms with van der Waals surface area (Å²) in [7, 11) is 0. The number of aliphatic carboxylic acids is 1. The molecule has 0 saturated heterocycles. The van der Waals surface area contributed by atoms with Crippen LogP contribution in [0.3, 0.4) is 0 Å². The highest BCUT2D eigenvalue weighted by atomic mass is 16.4. The minimum atomic E-state index is -1.19. The van der Waals surface area contributed by atoms with Gasteiger partial charge in [-0.1, -0.05) is 0 Å². The van der Waals surface area contributed by atoms with E-state index >= 15 is 0 Å². The van der Waals surface area contributed by atoms with Crippen LogP contribution >= 0.6 is 0 Å². The lowest BCUT2D eigenvalue weighted by molar-refractivity contribution is -0.136. The molecule has 0 bridgehead atoms. The van der Waals surface area contributed by atoms with Gasteiger partial charge in [-0.2, -0.15) is 0 Å².